The lowest BCUT2D eigenvalue weighted by Crippen LogP contribution is -2.17. The Balaban J connectivity index is 1.34. The SMILES string of the molecule is Nc1ccc2c(O)c(/N=N/c3cc(Nc4nc(Cl)nc(Nc5ccc(S(=O)(=O)CCOS(=O)(=O)O)cc5)n4)ccc3S(=O)(=O)O)c(S(=O)(=O)O)cc2c1/N=N/c1ccc(S(=O)(=O)CCS(=O)(=O)O)cc1S(=O)(=O)O. The van der Waals surface area contributed by atoms with Gasteiger partial charge in [0.25, 0.3) is 40.5 Å². The van der Waals surface area contributed by atoms with Crippen molar-refractivity contribution >= 4 is 145 Å². The first-order chi connectivity index (χ1) is 34.0. The lowest BCUT2D eigenvalue weighted by atomic mass is 10.1. The van der Waals surface area contributed by atoms with Crippen LogP contribution >= 0.6 is 11.6 Å². The topological polar surface area (TPSA) is 508 Å². The zero-order valence-electron chi connectivity index (χ0n) is 36.1. The molecule has 6 aromatic rings. The predicted molar refractivity (Wildman–Crippen MR) is 257 cm³/mol. The largest absolute Gasteiger partial charge is 0.505 e. The minimum absolute atomic E-state index is 0.124. The average molecular weight is 1190 g/mol. The van der Waals surface area contributed by atoms with Crippen molar-refractivity contribution in [2.45, 2.75) is 24.5 Å². The van der Waals surface area contributed by atoms with Gasteiger partial charge in [-0.05, 0) is 90.5 Å². The smallest absolute Gasteiger partial charge is 0.397 e. The van der Waals surface area contributed by atoms with E-state index in [1.165, 1.54) is 12.1 Å². The second-order valence-electron chi connectivity index (χ2n) is 14.5. The summed E-state index contributed by atoms with van der Waals surface area (Å²) < 4.78 is 221. The van der Waals surface area contributed by atoms with E-state index in [4.69, 9.17) is 26.4 Å². The molecule has 0 aliphatic heterocycles. The molecule has 0 saturated heterocycles. The van der Waals surface area contributed by atoms with Gasteiger partial charge in [-0.25, -0.2) is 21.0 Å². The van der Waals surface area contributed by atoms with E-state index in [0.29, 0.717) is 12.1 Å². The molecule has 0 fully saturated rings. The number of aromatic nitrogens is 3. The summed E-state index contributed by atoms with van der Waals surface area (Å²) >= 11 is 6.09. The third kappa shape index (κ3) is 14.4. The molecule has 0 bridgehead atoms. The maximum atomic E-state index is 12.8. The Hall–Kier alpha value is -6.53. The maximum absolute atomic E-state index is 12.8. The monoisotopic (exact) mass is 1190 g/mol. The Bertz CT molecular complexity index is 4150. The normalized spacial score (nSPS) is 13.2. The van der Waals surface area contributed by atoms with Gasteiger partial charge >= 0.3 is 10.4 Å². The third-order valence-corrected chi connectivity index (χ3v) is 17.0. The zero-order chi connectivity index (χ0) is 55.0. The second-order valence-corrected chi connectivity index (χ2v) is 25.9. The molecule has 0 amide bonds. The van der Waals surface area contributed by atoms with Crippen LogP contribution in [0.15, 0.2) is 124 Å². The number of hydrogen-bond acceptors (Lipinski definition) is 26. The van der Waals surface area contributed by atoms with Gasteiger partial charge in [-0.3, -0.25) is 22.8 Å². The number of anilines is 5. The first kappa shape index (κ1) is 56.8. The average Bonchev–Trinajstić information content (AvgIpc) is 3.26. The fourth-order valence-corrected chi connectivity index (χ4v) is 12.2. The molecule has 0 atom stereocenters. The van der Waals surface area contributed by atoms with Crippen LogP contribution in [0.4, 0.5) is 51.7 Å². The summed E-state index contributed by atoms with van der Waals surface area (Å²) in [5, 5.41) is 30.4. The van der Waals surface area contributed by atoms with E-state index in [2.05, 4.69) is 50.2 Å². The van der Waals surface area contributed by atoms with E-state index in [9.17, 15) is 77.7 Å². The number of rotatable bonds is 20. The summed E-state index contributed by atoms with van der Waals surface area (Å²) in [6.45, 7) is -0.869. The molecule has 1 aromatic heterocycles. The van der Waals surface area contributed by atoms with Gasteiger partial charge in [-0.15, -0.1) is 20.5 Å². The van der Waals surface area contributed by atoms with E-state index >= 15 is 0 Å². The van der Waals surface area contributed by atoms with Gasteiger partial charge in [-0.2, -0.15) is 57.0 Å². The highest BCUT2D eigenvalue weighted by atomic mass is 35.5. The fraction of sp³-hybridized carbons (Fsp3) is 0.114. The minimum atomic E-state index is -5.47. The Morgan fingerprint density at radius 3 is 1.65 bits per heavy atom. The summed E-state index contributed by atoms with van der Waals surface area (Å²) in [4.78, 5) is 7.46. The van der Waals surface area contributed by atoms with Gasteiger partial charge in [0, 0.05) is 22.1 Å². The number of phenols is 1. The summed E-state index contributed by atoms with van der Waals surface area (Å²) in [7, 11) is -34.3. The van der Waals surface area contributed by atoms with Crippen LogP contribution in [0.2, 0.25) is 5.28 Å². The number of nitrogens with two attached hydrogens (primary N) is 1. The van der Waals surface area contributed by atoms with Crippen LogP contribution in [0.25, 0.3) is 10.8 Å². The van der Waals surface area contributed by atoms with Crippen molar-refractivity contribution in [2.75, 3.05) is 40.2 Å². The number of sulfone groups is 2. The van der Waals surface area contributed by atoms with Gasteiger partial charge in [-0.1, -0.05) is 0 Å². The molecular formula is C35H31ClN10O21S7. The fourth-order valence-electron chi connectivity index (χ4n) is 6.07. The molecule has 0 saturated carbocycles. The molecule has 396 valence electrons. The van der Waals surface area contributed by atoms with Crippen molar-refractivity contribution in [1.29, 1.82) is 0 Å². The number of aromatic hydroxyl groups is 1. The third-order valence-electron chi connectivity index (χ3n) is 9.36. The molecule has 0 aliphatic rings. The Morgan fingerprint density at radius 2 is 1.07 bits per heavy atom. The number of hydrogen-bond donors (Lipinski definition) is 9. The number of halogens is 1. The standard InChI is InChI=1S/C35H31ClN10O21S7/c36-33-40-34(38-18-1-4-20(5-2-18)68(48,49)12-11-67-74(64,65)66)42-35(41-33)39-19-3-10-27(71(55,56)57)26(15-19)44-46-31-29(73(61,62)63)17-23-22(32(31)47)7-8-24(37)30(23)45-43-25-9-6-21(16-28(25)72(58,59)60)69(50,51)13-14-70(52,53)54/h1-10,15-17,47H,11-14,37H2,(H,52,53,54)(H,55,56,57)(H,58,59,60)(H,61,62,63)(H,64,65,66)(H2,38,39,40,41,42)/b45-43+,46-44+. The molecule has 0 unspecified atom stereocenters. The van der Waals surface area contributed by atoms with Crippen LogP contribution in [0.3, 0.4) is 0 Å². The number of benzene rings is 5. The van der Waals surface area contributed by atoms with Crippen LogP contribution < -0.4 is 16.4 Å². The first-order valence-electron chi connectivity index (χ1n) is 19.2. The number of fused-ring (bicyclic) bond motifs is 1. The van der Waals surface area contributed by atoms with Crippen molar-refractivity contribution in [2.24, 2.45) is 20.5 Å². The summed E-state index contributed by atoms with van der Waals surface area (Å²) in [6, 6.07) is 12.2. The minimum Gasteiger partial charge on any atom is -0.505 e. The van der Waals surface area contributed by atoms with E-state index in [1.807, 2.05) is 0 Å². The van der Waals surface area contributed by atoms with Gasteiger partial charge in [0.15, 0.2) is 25.4 Å². The number of nitrogens with one attached hydrogen (secondary N) is 2. The molecule has 10 N–H and O–H groups in total. The molecule has 0 spiro atoms. The van der Waals surface area contributed by atoms with Crippen LogP contribution in [-0.2, 0) is 74.7 Å². The van der Waals surface area contributed by atoms with Crippen molar-refractivity contribution in [3.63, 3.8) is 0 Å². The number of nitrogens with zero attached hydrogens (tertiary/aromatic N) is 7. The Morgan fingerprint density at radius 1 is 0.527 bits per heavy atom. The van der Waals surface area contributed by atoms with E-state index in [1.54, 1.807) is 0 Å². The Labute approximate surface area is 423 Å². The molecule has 1 heterocycles. The van der Waals surface area contributed by atoms with E-state index in [0.717, 1.165) is 54.6 Å². The lowest BCUT2D eigenvalue weighted by molar-refractivity contribution is 0.284. The van der Waals surface area contributed by atoms with Crippen molar-refractivity contribution in [3.8, 4) is 5.75 Å². The highest BCUT2D eigenvalue weighted by Gasteiger charge is 2.27. The van der Waals surface area contributed by atoms with Crippen LogP contribution in [0, 0.1) is 0 Å². The van der Waals surface area contributed by atoms with Gasteiger partial charge < -0.3 is 21.5 Å². The van der Waals surface area contributed by atoms with Crippen molar-refractivity contribution in [3.05, 3.63) is 84.1 Å². The summed E-state index contributed by atoms with van der Waals surface area (Å²) in [6.07, 6.45) is 0. The molecule has 31 nitrogen and oxygen atoms in total. The van der Waals surface area contributed by atoms with Crippen LogP contribution in [-0.4, -0.2) is 126 Å². The molecular weight excluding hydrogens is 1160 g/mol. The van der Waals surface area contributed by atoms with Gasteiger partial charge in [0.05, 0.1) is 39.3 Å². The zero-order valence-corrected chi connectivity index (χ0v) is 42.6. The van der Waals surface area contributed by atoms with Crippen molar-refractivity contribution < 1.29 is 91.0 Å². The highest BCUT2D eigenvalue weighted by Crippen LogP contribution is 2.46. The molecule has 0 radical (unpaired) electrons. The molecule has 5 aromatic carbocycles. The van der Waals surface area contributed by atoms with Crippen LogP contribution in [0.1, 0.15) is 0 Å². The predicted octanol–water partition coefficient (Wildman–Crippen LogP) is 4.28. The summed E-state index contributed by atoms with van der Waals surface area (Å²) in [5.41, 5.74) is 2.65. The van der Waals surface area contributed by atoms with E-state index in [-0.39, 0.29) is 39.2 Å². The highest BCUT2D eigenvalue weighted by molar-refractivity contribution is 7.93. The molecule has 6 rings (SSSR count). The quantitative estimate of drug-likeness (QED) is 0.0292. The number of azo groups is 2. The number of phenolic OH excluding ortho intramolecular Hbond substituents is 1. The van der Waals surface area contributed by atoms with Gasteiger partial charge in [0.2, 0.25) is 17.2 Å². The lowest BCUT2D eigenvalue weighted by Gasteiger charge is -2.12. The Kier molecular flexibility index (Phi) is 16.1. The molecule has 0 aliphatic carbocycles. The first-order valence-corrected chi connectivity index (χ1v) is 30.2. The molecule has 74 heavy (non-hydrogen) atoms. The van der Waals surface area contributed by atoms with Gasteiger partial charge in [0.1, 0.15) is 37.4 Å². The molecule has 39 heteroatoms. The maximum Gasteiger partial charge on any atom is 0.397 e. The summed E-state index contributed by atoms with van der Waals surface area (Å²) in [5.74, 6) is -4.97. The number of nitrogen functional groups attached to an aromatic ring is 1. The van der Waals surface area contributed by atoms with E-state index < -0.39 is 153 Å². The van der Waals surface area contributed by atoms with Crippen molar-refractivity contribution in [1.82, 2.24) is 15.0 Å². The van der Waals surface area contributed by atoms with Crippen LogP contribution in [0.5, 0.6) is 5.75 Å². The second kappa shape index (κ2) is 21.0.